The molecule has 7 heteroatoms. The zero-order valence-corrected chi connectivity index (χ0v) is 11.3. The number of hydrogen-bond acceptors (Lipinski definition) is 6. The van der Waals surface area contributed by atoms with Gasteiger partial charge in [-0.05, 0) is 5.56 Å². The molecule has 1 aliphatic rings. The first-order valence-electron chi connectivity index (χ1n) is 6.75. The van der Waals surface area contributed by atoms with Crippen molar-refractivity contribution in [1.29, 1.82) is 0 Å². The van der Waals surface area contributed by atoms with Crippen LogP contribution in [-0.4, -0.2) is 55.2 Å². The summed E-state index contributed by atoms with van der Waals surface area (Å²) in [6, 6.07) is 9.83. The fraction of sp³-hybridized carbons (Fsp3) is 0.429. The lowest BCUT2D eigenvalue weighted by Gasteiger charge is -2.34. The van der Waals surface area contributed by atoms with Crippen LogP contribution in [-0.2, 0) is 11.2 Å². The van der Waals surface area contributed by atoms with Crippen LogP contribution in [0.4, 0.5) is 0 Å². The molecule has 0 radical (unpaired) electrons. The molecule has 1 saturated heterocycles. The summed E-state index contributed by atoms with van der Waals surface area (Å²) >= 11 is 0. The summed E-state index contributed by atoms with van der Waals surface area (Å²) in [6.07, 6.45) is -2.16. The molecule has 1 fully saturated rings. The van der Waals surface area contributed by atoms with E-state index in [4.69, 9.17) is 4.74 Å². The van der Waals surface area contributed by atoms with E-state index in [9.17, 15) is 15.3 Å². The average molecular weight is 291 g/mol. The number of nitrogens with zero attached hydrogens (tertiary/aromatic N) is 3. The van der Waals surface area contributed by atoms with Crippen LogP contribution in [0.5, 0.6) is 0 Å². The number of aliphatic hydroxyl groups is 3. The van der Waals surface area contributed by atoms with Crippen molar-refractivity contribution in [2.75, 3.05) is 6.61 Å². The Kier molecular flexibility index (Phi) is 3.98. The second-order valence-corrected chi connectivity index (χ2v) is 5.12. The number of hydrogen-bond donors (Lipinski definition) is 3. The zero-order valence-electron chi connectivity index (χ0n) is 11.3. The lowest BCUT2D eigenvalue weighted by molar-refractivity contribution is -0.214. The van der Waals surface area contributed by atoms with E-state index < -0.39 is 24.5 Å². The predicted molar refractivity (Wildman–Crippen MR) is 72.3 cm³/mol. The summed E-state index contributed by atoms with van der Waals surface area (Å²) in [5, 5.41) is 37.0. The van der Waals surface area contributed by atoms with Crippen molar-refractivity contribution >= 4 is 0 Å². The van der Waals surface area contributed by atoms with Gasteiger partial charge in [0.05, 0.1) is 18.5 Å². The molecule has 1 aliphatic heterocycles. The molecule has 0 bridgehead atoms. The molecule has 7 nitrogen and oxygen atoms in total. The molecule has 4 unspecified atom stereocenters. The first-order valence-corrected chi connectivity index (χ1v) is 6.75. The summed E-state index contributed by atoms with van der Waals surface area (Å²) in [5.41, 5.74) is 1.84. The van der Waals surface area contributed by atoms with E-state index in [2.05, 4.69) is 10.3 Å². The molecule has 2 aromatic rings. The normalized spacial score (nSPS) is 29.5. The van der Waals surface area contributed by atoms with E-state index in [0.29, 0.717) is 6.42 Å². The maximum atomic E-state index is 9.94. The van der Waals surface area contributed by atoms with Gasteiger partial charge >= 0.3 is 0 Å². The van der Waals surface area contributed by atoms with Crippen LogP contribution in [0.3, 0.4) is 0 Å². The Balaban J connectivity index is 1.73. The van der Waals surface area contributed by atoms with Crippen LogP contribution in [0, 0.1) is 0 Å². The van der Waals surface area contributed by atoms with E-state index >= 15 is 0 Å². The van der Waals surface area contributed by atoms with E-state index in [1.165, 1.54) is 4.68 Å². The highest BCUT2D eigenvalue weighted by atomic mass is 16.5. The van der Waals surface area contributed by atoms with Gasteiger partial charge in [0.15, 0.2) is 6.23 Å². The van der Waals surface area contributed by atoms with Crippen molar-refractivity contribution in [3.8, 4) is 0 Å². The molecule has 1 aromatic carbocycles. The maximum Gasteiger partial charge on any atom is 0.180 e. The van der Waals surface area contributed by atoms with E-state index in [-0.39, 0.29) is 6.61 Å². The molecule has 3 rings (SSSR count). The van der Waals surface area contributed by atoms with Crippen molar-refractivity contribution in [3.63, 3.8) is 0 Å². The van der Waals surface area contributed by atoms with Crippen LogP contribution >= 0.6 is 0 Å². The monoisotopic (exact) mass is 291 g/mol. The van der Waals surface area contributed by atoms with Crippen molar-refractivity contribution in [2.45, 2.75) is 31.0 Å². The molecule has 0 saturated carbocycles. The van der Waals surface area contributed by atoms with Crippen molar-refractivity contribution in [3.05, 3.63) is 47.8 Å². The van der Waals surface area contributed by atoms with Crippen LogP contribution in [0.15, 0.2) is 36.5 Å². The highest BCUT2D eigenvalue weighted by Crippen LogP contribution is 2.23. The van der Waals surface area contributed by atoms with Gasteiger partial charge < -0.3 is 20.1 Å². The summed E-state index contributed by atoms with van der Waals surface area (Å²) in [4.78, 5) is 0. The Hall–Kier alpha value is -1.80. The Morgan fingerprint density at radius 3 is 2.67 bits per heavy atom. The highest BCUT2D eigenvalue weighted by Gasteiger charge is 2.39. The van der Waals surface area contributed by atoms with Gasteiger partial charge in [-0.15, -0.1) is 5.10 Å². The zero-order chi connectivity index (χ0) is 14.8. The molecule has 0 amide bonds. The topological polar surface area (TPSA) is 101 Å². The quantitative estimate of drug-likeness (QED) is 0.703. The molecule has 4 atom stereocenters. The third-order valence-corrected chi connectivity index (χ3v) is 3.52. The number of aliphatic hydroxyl groups excluding tert-OH is 3. The SMILES string of the molecule is OC1COC(n2cc(Cc3ccccc3)nn2)C(O)C1O. The Morgan fingerprint density at radius 1 is 1.14 bits per heavy atom. The molecular formula is C14H17N3O4. The third kappa shape index (κ3) is 2.96. The molecule has 21 heavy (non-hydrogen) atoms. The van der Waals surface area contributed by atoms with Gasteiger partial charge in [0.2, 0.25) is 0 Å². The lowest BCUT2D eigenvalue weighted by Crippen LogP contribution is -2.50. The minimum Gasteiger partial charge on any atom is -0.388 e. The minimum atomic E-state index is -1.26. The second kappa shape index (κ2) is 5.90. The number of ether oxygens (including phenoxy) is 1. The fourth-order valence-electron chi connectivity index (χ4n) is 2.35. The molecule has 0 spiro atoms. The fourth-order valence-corrected chi connectivity index (χ4v) is 2.35. The number of rotatable bonds is 3. The van der Waals surface area contributed by atoms with Crippen molar-refractivity contribution in [2.24, 2.45) is 0 Å². The first kappa shape index (κ1) is 14.2. The smallest absolute Gasteiger partial charge is 0.180 e. The van der Waals surface area contributed by atoms with Gasteiger partial charge in [0, 0.05) is 6.42 Å². The Labute approximate surface area is 121 Å². The summed E-state index contributed by atoms with van der Waals surface area (Å²) < 4.78 is 6.70. The minimum absolute atomic E-state index is 0.0588. The summed E-state index contributed by atoms with van der Waals surface area (Å²) in [7, 11) is 0. The van der Waals surface area contributed by atoms with Gasteiger partial charge in [0.25, 0.3) is 0 Å². The molecule has 112 valence electrons. The average Bonchev–Trinajstić information content (AvgIpc) is 2.94. The summed E-state index contributed by atoms with van der Waals surface area (Å²) in [5.74, 6) is 0. The van der Waals surface area contributed by atoms with E-state index in [1.54, 1.807) is 6.20 Å². The summed E-state index contributed by atoms with van der Waals surface area (Å²) in [6.45, 7) is -0.0588. The highest BCUT2D eigenvalue weighted by molar-refractivity contribution is 5.19. The van der Waals surface area contributed by atoms with Gasteiger partial charge in [-0.25, -0.2) is 4.68 Å². The van der Waals surface area contributed by atoms with E-state index in [1.807, 2.05) is 30.3 Å². The van der Waals surface area contributed by atoms with Crippen LogP contribution in [0.1, 0.15) is 17.5 Å². The Morgan fingerprint density at radius 2 is 1.90 bits per heavy atom. The third-order valence-electron chi connectivity index (χ3n) is 3.52. The van der Waals surface area contributed by atoms with Crippen LogP contribution in [0.2, 0.25) is 0 Å². The van der Waals surface area contributed by atoms with E-state index in [0.717, 1.165) is 11.3 Å². The number of benzene rings is 1. The number of aromatic nitrogens is 3. The molecule has 1 aromatic heterocycles. The Bertz CT molecular complexity index is 589. The van der Waals surface area contributed by atoms with Crippen molar-refractivity contribution in [1.82, 2.24) is 15.0 Å². The largest absolute Gasteiger partial charge is 0.388 e. The second-order valence-electron chi connectivity index (χ2n) is 5.12. The van der Waals surface area contributed by atoms with Gasteiger partial charge in [0.1, 0.15) is 18.3 Å². The first-order chi connectivity index (χ1) is 10.1. The predicted octanol–water partition coefficient (Wildman–Crippen LogP) is -0.520. The standard InChI is InChI=1S/C14H17N3O4/c18-11-8-21-14(13(20)12(11)19)17-7-10(15-16-17)6-9-4-2-1-3-5-9/h1-5,7,11-14,18-20H,6,8H2. The maximum absolute atomic E-state index is 9.94. The van der Waals surface area contributed by atoms with Gasteiger partial charge in [-0.3, -0.25) is 0 Å². The molecule has 3 N–H and O–H groups in total. The van der Waals surface area contributed by atoms with Gasteiger partial charge in [-0.2, -0.15) is 0 Å². The van der Waals surface area contributed by atoms with Gasteiger partial charge in [-0.1, -0.05) is 35.5 Å². The molecule has 0 aliphatic carbocycles. The van der Waals surface area contributed by atoms with Crippen molar-refractivity contribution < 1.29 is 20.1 Å². The van der Waals surface area contributed by atoms with Crippen LogP contribution in [0.25, 0.3) is 0 Å². The molecular weight excluding hydrogens is 274 g/mol. The van der Waals surface area contributed by atoms with Crippen LogP contribution < -0.4 is 0 Å². The lowest BCUT2D eigenvalue weighted by atomic mass is 10.0. The molecule has 2 heterocycles.